The van der Waals surface area contributed by atoms with Gasteiger partial charge in [0.15, 0.2) is 5.78 Å². The molecule has 0 unspecified atom stereocenters. The highest BCUT2D eigenvalue weighted by atomic mass is 16.6. The molecule has 0 N–H and O–H groups in total. The number of carbonyl (C=O) groups excluding carboxylic acids is 2. The summed E-state index contributed by atoms with van der Waals surface area (Å²) in [6.07, 6.45) is 1.90. The Bertz CT molecular complexity index is 964. The highest BCUT2D eigenvalue weighted by Gasteiger charge is 2.39. The number of allylic oxidation sites excluding steroid dienone is 2. The van der Waals surface area contributed by atoms with Gasteiger partial charge >= 0.3 is 5.97 Å². The summed E-state index contributed by atoms with van der Waals surface area (Å²) >= 11 is 0. The van der Waals surface area contributed by atoms with Crippen LogP contribution in [0.5, 0.6) is 5.75 Å². The predicted molar refractivity (Wildman–Crippen MR) is 107 cm³/mol. The molecule has 3 rings (SSSR count). The van der Waals surface area contributed by atoms with Crippen molar-refractivity contribution in [1.82, 2.24) is 0 Å². The summed E-state index contributed by atoms with van der Waals surface area (Å²) in [7, 11) is 1.57. The zero-order valence-corrected chi connectivity index (χ0v) is 16.2. The van der Waals surface area contributed by atoms with Crippen molar-refractivity contribution in [2.45, 2.75) is 19.3 Å². The Morgan fingerprint density at radius 2 is 1.93 bits per heavy atom. The molecule has 150 valence electrons. The number of nitro benzene ring substituents is 1. The first-order chi connectivity index (χ1) is 13.9. The number of methoxy groups -OCH3 is 1. The van der Waals surface area contributed by atoms with Crippen LogP contribution in [0.4, 0.5) is 5.69 Å². The molecule has 7 nitrogen and oxygen atoms in total. The molecule has 0 fully saturated rings. The zero-order chi connectivity index (χ0) is 21.0. The summed E-state index contributed by atoms with van der Waals surface area (Å²) in [5.74, 6) is -1.72. The maximum atomic E-state index is 12.9. The van der Waals surface area contributed by atoms with Crippen LogP contribution in [-0.2, 0) is 14.3 Å². The molecule has 2 atom stereocenters. The molecule has 0 aliphatic heterocycles. The Balaban J connectivity index is 2.02. The summed E-state index contributed by atoms with van der Waals surface area (Å²) in [5.41, 5.74) is 2.23. The molecule has 0 spiro atoms. The normalized spacial score (nSPS) is 18.7. The second-order valence-electron chi connectivity index (χ2n) is 6.69. The van der Waals surface area contributed by atoms with Crippen molar-refractivity contribution in [2.24, 2.45) is 5.92 Å². The number of ether oxygens (including phenoxy) is 2. The van der Waals surface area contributed by atoms with Gasteiger partial charge in [0.1, 0.15) is 11.7 Å². The molecule has 0 bridgehead atoms. The molecule has 0 saturated carbocycles. The fourth-order valence-corrected chi connectivity index (χ4v) is 3.56. The lowest BCUT2D eigenvalue weighted by Gasteiger charge is -2.29. The molecule has 0 radical (unpaired) electrons. The van der Waals surface area contributed by atoms with E-state index in [1.165, 1.54) is 18.2 Å². The number of carbonyl (C=O) groups is 2. The summed E-state index contributed by atoms with van der Waals surface area (Å²) < 4.78 is 10.4. The van der Waals surface area contributed by atoms with Gasteiger partial charge in [0.05, 0.1) is 18.6 Å². The van der Waals surface area contributed by atoms with Gasteiger partial charge in [-0.05, 0) is 48.3 Å². The van der Waals surface area contributed by atoms with E-state index in [0.717, 1.165) is 11.1 Å². The van der Waals surface area contributed by atoms with E-state index >= 15 is 0 Å². The Hall–Kier alpha value is -3.48. The topological polar surface area (TPSA) is 95.7 Å². The van der Waals surface area contributed by atoms with Crippen LogP contribution >= 0.6 is 0 Å². The quantitative estimate of drug-likeness (QED) is 0.318. The largest absolute Gasteiger partial charge is 0.497 e. The molecule has 0 aromatic heterocycles. The number of ketones is 1. The van der Waals surface area contributed by atoms with Crippen LogP contribution in [0.15, 0.2) is 54.6 Å². The van der Waals surface area contributed by atoms with Gasteiger partial charge in [0, 0.05) is 18.1 Å². The van der Waals surface area contributed by atoms with Crippen LogP contribution in [0.25, 0.3) is 5.57 Å². The number of esters is 1. The number of benzene rings is 2. The van der Waals surface area contributed by atoms with E-state index in [2.05, 4.69) is 0 Å². The average molecular weight is 395 g/mol. The molecule has 7 heteroatoms. The number of non-ortho nitro benzene ring substituents is 1. The van der Waals surface area contributed by atoms with E-state index in [9.17, 15) is 19.7 Å². The van der Waals surface area contributed by atoms with Gasteiger partial charge in [0.2, 0.25) is 0 Å². The second kappa shape index (κ2) is 8.68. The molecule has 0 heterocycles. The van der Waals surface area contributed by atoms with Crippen molar-refractivity contribution in [3.63, 3.8) is 0 Å². The van der Waals surface area contributed by atoms with Gasteiger partial charge in [-0.2, -0.15) is 0 Å². The molecule has 0 saturated heterocycles. The third-order valence-electron chi connectivity index (χ3n) is 4.98. The van der Waals surface area contributed by atoms with Gasteiger partial charge < -0.3 is 9.47 Å². The monoisotopic (exact) mass is 395 g/mol. The number of hydrogen-bond acceptors (Lipinski definition) is 6. The molecular weight excluding hydrogens is 374 g/mol. The SMILES string of the molecule is CCOC(=O)[C@H]1C(=O)C=C(c2cccc(OC)c2)C[C@@H]1c1ccc([N+](=O)[O-])cc1. The van der Waals surface area contributed by atoms with Crippen LogP contribution in [0.2, 0.25) is 0 Å². The fourth-order valence-electron chi connectivity index (χ4n) is 3.56. The highest BCUT2D eigenvalue weighted by molar-refractivity contribution is 6.10. The lowest BCUT2D eigenvalue weighted by atomic mass is 9.73. The van der Waals surface area contributed by atoms with Gasteiger partial charge in [-0.25, -0.2) is 0 Å². The number of hydrogen-bond donors (Lipinski definition) is 0. The minimum atomic E-state index is -0.981. The zero-order valence-electron chi connectivity index (χ0n) is 16.2. The molecule has 1 aliphatic rings. The minimum absolute atomic E-state index is 0.0490. The first kappa shape index (κ1) is 20.3. The highest BCUT2D eigenvalue weighted by Crippen LogP contribution is 2.41. The van der Waals surface area contributed by atoms with E-state index < -0.39 is 22.7 Å². The summed E-state index contributed by atoms with van der Waals surface area (Å²) in [6.45, 7) is 1.85. The first-order valence-electron chi connectivity index (χ1n) is 9.24. The second-order valence-corrected chi connectivity index (χ2v) is 6.69. The van der Waals surface area contributed by atoms with Crippen LogP contribution in [0, 0.1) is 16.0 Å². The van der Waals surface area contributed by atoms with Crippen LogP contribution in [0.3, 0.4) is 0 Å². The fraction of sp³-hybridized carbons (Fsp3) is 0.273. The third kappa shape index (κ3) is 4.34. The van der Waals surface area contributed by atoms with Gasteiger partial charge in [-0.15, -0.1) is 0 Å². The molecule has 2 aromatic carbocycles. The van der Waals surface area contributed by atoms with Crippen molar-refractivity contribution in [3.05, 3.63) is 75.8 Å². The molecule has 1 aliphatic carbocycles. The van der Waals surface area contributed by atoms with Crippen LogP contribution in [0.1, 0.15) is 30.4 Å². The molecule has 29 heavy (non-hydrogen) atoms. The molecule has 0 amide bonds. The van der Waals surface area contributed by atoms with Crippen molar-refractivity contribution in [2.75, 3.05) is 13.7 Å². The lowest BCUT2D eigenvalue weighted by molar-refractivity contribution is -0.384. The summed E-state index contributed by atoms with van der Waals surface area (Å²) in [4.78, 5) is 35.9. The van der Waals surface area contributed by atoms with E-state index in [-0.39, 0.29) is 18.1 Å². The standard InChI is InChI=1S/C22H21NO6/c1-3-29-22(25)21-19(14-7-9-17(10-8-14)23(26)27)12-16(13-20(21)24)15-5-4-6-18(11-15)28-2/h4-11,13,19,21H,3,12H2,1-2H3/t19-,21-/m1/s1. The Morgan fingerprint density at radius 1 is 1.21 bits per heavy atom. The Kier molecular flexibility index (Phi) is 6.07. The van der Waals surface area contributed by atoms with Crippen molar-refractivity contribution in [3.8, 4) is 5.75 Å². The van der Waals surface area contributed by atoms with E-state index in [1.54, 1.807) is 26.2 Å². The van der Waals surface area contributed by atoms with Crippen LogP contribution < -0.4 is 4.74 Å². The maximum absolute atomic E-state index is 12.9. The van der Waals surface area contributed by atoms with E-state index in [0.29, 0.717) is 17.7 Å². The average Bonchev–Trinajstić information content (AvgIpc) is 2.73. The van der Waals surface area contributed by atoms with Crippen molar-refractivity contribution < 1.29 is 24.0 Å². The molecule has 2 aromatic rings. The van der Waals surface area contributed by atoms with Gasteiger partial charge in [0.25, 0.3) is 5.69 Å². The number of nitro groups is 1. The maximum Gasteiger partial charge on any atom is 0.317 e. The third-order valence-corrected chi connectivity index (χ3v) is 4.98. The number of nitrogens with zero attached hydrogens (tertiary/aromatic N) is 1. The van der Waals surface area contributed by atoms with E-state index in [1.807, 2.05) is 24.3 Å². The van der Waals surface area contributed by atoms with E-state index in [4.69, 9.17) is 9.47 Å². The van der Waals surface area contributed by atoms with Crippen molar-refractivity contribution >= 4 is 23.0 Å². The van der Waals surface area contributed by atoms with Crippen LogP contribution in [-0.4, -0.2) is 30.4 Å². The Morgan fingerprint density at radius 3 is 2.55 bits per heavy atom. The lowest BCUT2D eigenvalue weighted by Crippen LogP contribution is -2.34. The minimum Gasteiger partial charge on any atom is -0.497 e. The Labute approximate surface area is 168 Å². The molecular formula is C22H21NO6. The predicted octanol–water partition coefficient (Wildman–Crippen LogP) is 3.92. The van der Waals surface area contributed by atoms with Gasteiger partial charge in [-0.3, -0.25) is 19.7 Å². The number of rotatable bonds is 6. The summed E-state index contributed by atoms with van der Waals surface area (Å²) in [6, 6.07) is 13.3. The first-order valence-corrected chi connectivity index (χ1v) is 9.24. The van der Waals surface area contributed by atoms with Gasteiger partial charge in [-0.1, -0.05) is 24.3 Å². The smallest absolute Gasteiger partial charge is 0.317 e. The summed E-state index contributed by atoms with van der Waals surface area (Å²) in [5, 5.41) is 11.0. The van der Waals surface area contributed by atoms with Crippen molar-refractivity contribution in [1.29, 1.82) is 0 Å².